The molecule has 0 aromatic heterocycles. The molecule has 0 spiro atoms. The molecular weight excluding hydrogens is 239 g/mol. The zero-order valence-corrected chi connectivity index (χ0v) is 9.92. The number of rotatable bonds is 3. The smallest absolute Gasteiger partial charge is 0.460 e. The minimum atomic E-state index is -4.54. The monoisotopic (exact) mass is 254 g/mol. The molecule has 0 aliphatic carbocycles. The molecule has 1 saturated heterocycles. The molecule has 0 aromatic rings. The van der Waals surface area contributed by atoms with E-state index in [1.165, 1.54) is 6.92 Å². The Labute approximate surface area is 92.9 Å². The third kappa shape index (κ3) is 4.59. The van der Waals surface area contributed by atoms with Gasteiger partial charge in [-0.25, -0.2) is 4.57 Å². The Kier molecular flexibility index (Phi) is 4.46. The summed E-state index contributed by atoms with van der Waals surface area (Å²) in [5.74, 6) is -0.408. The van der Waals surface area contributed by atoms with Crippen LogP contribution in [0.3, 0.4) is 0 Å². The summed E-state index contributed by atoms with van der Waals surface area (Å²) in [6, 6.07) is 0. The summed E-state index contributed by atoms with van der Waals surface area (Å²) < 4.78 is 25.1. The number of carbonyl (C=O) groups excluding carboxylic acids is 1. The number of carbonyl (C=O) groups is 1. The van der Waals surface area contributed by atoms with Crippen LogP contribution in [-0.2, 0) is 23.4 Å². The average Bonchev–Trinajstić information content (AvgIpc) is 2.06. The maximum absolute atomic E-state index is 10.7. The number of hydrogen-bond acceptors (Lipinski definition) is 5. The summed E-state index contributed by atoms with van der Waals surface area (Å²) in [6.45, 7) is 2.95. The highest BCUT2D eigenvalue weighted by Crippen LogP contribution is 2.40. The van der Waals surface area contributed by atoms with Gasteiger partial charge in [-0.05, 0) is 13.3 Å². The molecule has 1 fully saturated rings. The molecule has 2 N–H and O–H groups in total. The van der Waals surface area contributed by atoms with Crippen LogP contribution in [0.15, 0.2) is 0 Å². The van der Waals surface area contributed by atoms with Crippen molar-refractivity contribution in [1.29, 1.82) is 0 Å². The van der Waals surface area contributed by atoms with Crippen molar-refractivity contribution in [2.24, 2.45) is 0 Å². The minimum absolute atomic E-state index is 0.271. The van der Waals surface area contributed by atoms with Gasteiger partial charge in [0.05, 0.1) is 6.10 Å². The molecule has 1 heterocycles. The van der Waals surface area contributed by atoms with E-state index in [4.69, 9.17) is 19.3 Å². The first-order chi connectivity index (χ1) is 7.28. The van der Waals surface area contributed by atoms with Crippen molar-refractivity contribution < 1.29 is 33.1 Å². The summed E-state index contributed by atoms with van der Waals surface area (Å²) in [5, 5.41) is 0. The van der Waals surface area contributed by atoms with Crippen LogP contribution in [0.1, 0.15) is 26.7 Å². The van der Waals surface area contributed by atoms with Crippen LogP contribution in [0.2, 0.25) is 0 Å². The number of esters is 1. The van der Waals surface area contributed by atoms with E-state index in [0.717, 1.165) is 0 Å². The van der Waals surface area contributed by atoms with Gasteiger partial charge < -0.3 is 19.3 Å². The predicted molar refractivity (Wildman–Crippen MR) is 52.3 cm³/mol. The number of phosphoric acid groups is 1. The largest absolute Gasteiger partial charge is 0.471 e. The minimum Gasteiger partial charge on any atom is -0.460 e. The highest BCUT2D eigenvalue weighted by atomic mass is 31.2. The lowest BCUT2D eigenvalue weighted by Crippen LogP contribution is -2.40. The van der Waals surface area contributed by atoms with Crippen molar-refractivity contribution in [3.8, 4) is 0 Å². The Morgan fingerprint density at radius 3 is 2.50 bits per heavy atom. The van der Waals surface area contributed by atoms with Gasteiger partial charge in [0, 0.05) is 13.3 Å². The van der Waals surface area contributed by atoms with Gasteiger partial charge in [-0.3, -0.25) is 9.32 Å². The number of phosphoric ester groups is 1. The van der Waals surface area contributed by atoms with Crippen LogP contribution in [0.4, 0.5) is 0 Å². The van der Waals surface area contributed by atoms with Crippen molar-refractivity contribution in [3.63, 3.8) is 0 Å². The molecular formula is C8H15O7P. The lowest BCUT2D eigenvalue weighted by atomic mass is 10.1. The molecule has 1 aliphatic heterocycles. The third-order valence-electron chi connectivity index (χ3n) is 2.15. The van der Waals surface area contributed by atoms with Gasteiger partial charge in [0.1, 0.15) is 6.10 Å². The molecule has 0 radical (unpaired) electrons. The SMILES string of the molecule is CC(=O)O[C@@H]1CC[C@@H](OP(=O)(O)O)O[C@H]1C. The van der Waals surface area contributed by atoms with Crippen LogP contribution in [-0.4, -0.2) is 34.3 Å². The van der Waals surface area contributed by atoms with Gasteiger partial charge in [-0.2, -0.15) is 0 Å². The summed E-state index contributed by atoms with van der Waals surface area (Å²) in [6.07, 6.45) is -1.08. The first-order valence-corrected chi connectivity index (χ1v) is 6.37. The maximum atomic E-state index is 10.7. The summed E-state index contributed by atoms with van der Waals surface area (Å²) in [5.41, 5.74) is 0. The van der Waals surface area contributed by atoms with E-state index in [9.17, 15) is 9.36 Å². The number of ether oxygens (including phenoxy) is 2. The zero-order valence-electron chi connectivity index (χ0n) is 9.03. The van der Waals surface area contributed by atoms with E-state index in [1.807, 2.05) is 0 Å². The molecule has 94 valence electrons. The van der Waals surface area contributed by atoms with Crippen molar-refractivity contribution in [2.75, 3.05) is 0 Å². The second-order valence-corrected chi connectivity index (χ2v) is 4.78. The van der Waals surface area contributed by atoms with Crippen molar-refractivity contribution >= 4 is 13.8 Å². The summed E-state index contributed by atoms with van der Waals surface area (Å²) in [4.78, 5) is 27.9. The lowest BCUT2D eigenvalue weighted by Gasteiger charge is -2.33. The lowest BCUT2D eigenvalue weighted by molar-refractivity contribution is -0.200. The van der Waals surface area contributed by atoms with E-state index < -0.39 is 32.3 Å². The van der Waals surface area contributed by atoms with Gasteiger partial charge in [0.15, 0.2) is 6.29 Å². The Balaban J connectivity index is 2.45. The van der Waals surface area contributed by atoms with E-state index >= 15 is 0 Å². The Morgan fingerprint density at radius 1 is 1.44 bits per heavy atom. The molecule has 16 heavy (non-hydrogen) atoms. The van der Waals surface area contributed by atoms with Gasteiger partial charge in [0.2, 0.25) is 0 Å². The van der Waals surface area contributed by atoms with E-state index in [-0.39, 0.29) is 6.42 Å². The summed E-state index contributed by atoms with van der Waals surface area (Å²) >= 11 is 0. The molecule has 0 bridgehead atoms. The Hall–Kier alpha value is -0.460. The molecule has 3 atom stereocenters. The second-order valence-electron chi connectivity index (χ2n) is 3.59. The zero-order chi connectivity index (χ0) is 12.3. The van der Waals surface area contributed by atoms with Crippen LogP contribution >= 0.6 is 7.82 Å². The fourth-order valence-electron chi connectivity index (χ4n) is 1.53. The number of hydrogen-bond donors (Lipinski definition) is 2. The topological polar surface area (TPSA) is 102 Å². The standard InChI is InChI=1S/C8H15O7P/c1-5-7(14-6(2)9)3-4-8(13-5)15-16(10,11)12/h5,7-8H,3-4H2,1-2H3,(H2,10,11,12)/t5-,7+,8+/m0/s1. The van der Waals surface area contributed by atoms with Crippen LogP contribution in [0, 0.1) is 0 Å². The van der Waals surface area contributed by atoms with Crippen molar-refractivity contribution in [1.82, 2.24) is 0 Å². The molecule has 1 rings (SSSR count). The van der Waals surface area contributed by atoms with Crippen molar-refractivity contribution in [2.45, 2.75) is 45.2 Å². The second kappa shape index (κ2) is 5.25. The normalized spacial score (nSPS) is 31.1. The molecule has 0 aromatic carbocycles. The first-order valence-electron chi connectivity index (χ1n) is 4.84. The molecule has 7 nitrogen and oxygen atoms in total. The van der Waals surface area contributed by atoms with Crippen LogP contribution in [0.25, 0.3) is 0 Å². The summed E-state index contributed by atoms with van der Waals surface area (Å²) in [7, 11) is -4.54. The van der Waals surface area contributed by atoms with E-state index in [2.05, 4.69) is 4.52 Å². The van der Waals surface area contributed by atoms with Crippen LogP contribution in [0.5, 0.6) is 0 Å². The van der Waals surface area contributed by atoms with E-state index in [0.29, 0.717) is 6.42 Å². The van der Waals surface area contributed by atoms with Crippen molar-refractivity contribution in [3.05, 3.63) is 0 Å². The van der Waals surface area contributed by atoms with Gasteiger partial charge in [-0.1, -0.05) is 0 Å². The van der Waals surface area contributed by atoms with Gasteiger partial charge in [-0.15, -0.1) is 0 Å². The van der Waals surface area contributed by atoms with E-state index in [1.54, 1.807) is 6.92 Å². The fourth-order valence-corrected chi connectivity index (χ4v) is 1.99. The molecule has 0 amide bonds. The quantitative estimate of drug-likeness (QED) is 0.560. The van der Waals surface area contributed by atoms with Gasteiger partial charge in [0.25, 0.3) is 0 Å². The first kappa shape index (κ1) is 13.6. The molecule has 0 unspecified atom stereocenters. The predicted octanol–water partition coefficient (Wildman–Crippen LogP) is 0.552. The third-order valence-corrected chi connectivity index (χ3v) is 2.66. The molecule has 8 heteroatoms. The van der Waals surface area contributed by atoms with Crippen LogP contribution < -0.4 is 0 Å². The average molecular weight is 254 g/mol. The highest BCUT2D eigenvalue weighted by Gasteiger charge is 2.34. The Bertz CT molecular complexity index is 299. The molecule has 0 saturated carbocycles. The molecule has 1 aliphatic rings. The highest BCUT2D eigenvalue weighted by molar-refractivity contribution is 7.46. The fraction of sp³-hybridized carbons (Fsp3) is 0.875. The Morgan fingerprint density at radius 2 is 2.06 bits per heavy atom. The maximum Gasteiger partial charge on any atom is 0.471 e. The van der Waals surface area contributed by atoms with Gasteiger partial charge >= 0.3 is 13.8 Å².